The summed E-state index contributed by atoms with van der Waals surface area (Å²) in [4.78, 5) is 10.7. The van der Waals surface area contributed by atoms with Gasteiger partial charge in [-0.15, -0.1) is 5.10 Å². The molecule has 0 bridgehead atoms. The van der Waals surface area contributed by atoms with Crippen molar-refractivity contribution in [3.8, 4) is 11.5 Å². The standard InChI is InChI=1S/C16H20ClN7O3/c1-8(2)24(3-4-25)16-19-14(13-15(20-16)22-23-21-13)18-7-10-11(26)5-9(17)6-12(10)27/h5-6,8,25-27H,3-4,7H2,1-2H3,(H2,18,19,20,21,22,23). The summed E-state index contributed by atoms with van der Waals surface area (Å²) < 4.78 is 0. The maximum Gasteiger partial charge on any atom is 0.229 e. The topological polar surface area (TPSA) is 143 Å². The van der Waals surface area contributed by atoms with E-state index in [1.807, 2.05) is 18.7 Å². The Morgan fingerprint density at radius 3 is 2.56 bits per heavy atom. The van der Waals surface area contributed by atoms with Crippen molar-refractivity contribution in [2.75, 3.05) is 23.4 Å². The van der Waals surface area contributed by atoms with Gasteiger partial charge in [-0.05, 0) is 26.0 Å². The number of phenols is 2. The Bertz CT molecular complexity index is 924. The lowest BCUT2D eigenvalue weighted by molar-refractivity contribution is 0.298. The second kappa shape index (κ2) is 7.80. The number of aromatic amines is 1. The number of phenolic OH excluding ortho intramolecular Hbond substituents is 2. The van der Waals surface area contributed by atoms with E-state index in [0.29, 0.717) is 29.5 Å². The predicted octanol–water partition coefficient (Wildman–Crippen LogP) is 1.63. The Kier molecular flexibility index (Phi) is 5.47. The number of aliphatic hydroxyl groups is 1. The average Bonchev–Trinajstić information content (AvgIpc) is 3.06. The van der Waals surface area contributed by atoms with Crippen LogP contribution in [-0.4, -0.2) is 59.9 Å². The van der Waals surface area contributed by atoms with Gasteiger partial charge in [0.25, 0.3) is 0 Å². The Balaban J connectivity index is 1.95. The Hall–Kier alpha value is -2.85. The second-order valence-corrected chi connectivity index (χ2v) is 6.61. The van der Waals surface area contributed by atoms with Crippen molar-refractivity contribution in [2.24, 2.45) is 0 Å². The number of aromatic nitrogens is 5. The fraction of sp³-hybridized carbons (Fsp3) is 0.375. The molecule has 3 rings (SSSR count). The van der Waals surface area contributed by atoms with Crippen LogP contribution in [0.3, 0.4) is 0 Å². The van der Waals surface area contributed by atoms with Crippen LogP contribution < -0.4 is 10.2 Å². The van der Waals surface area contributed by atoms with Gasteiger partial charge in [-0.1, -0.05) is 16.8 Å². The van der Waals surface area contributed by atoms with Crippen LogP contribution in [0.5, 0.6) is 11.5 Å². The van der Waals surface area contributed by atoms with E-state index < -0.39 is 0 Å². The highest BCUT2D eigenvalue weighted by atomic mass is 35.5. The number of fused-ring (bicyclic) bond motifs is 1. The van der Waals surface area contributed by atoms with E-state index in [2.05, 4.69) is 30.7 Å². The molecule has 2 aromatic heterocycles. The molecule has 2 heterocycles. The van der Waals surface area contributed by atoms with Gasteiger partial charge in [-0.2, -0.15) is 9.97 Å². The fourth-order valence-corrected chi connectivity index (χ4v) is 2.86. The molecule has 0 spiro atoms. The van der Waals surface area contributed by atoms with E-state index in [1.165, 1.54) is 12.1 Å². The molecule has 0 aliphatic carbocycles. The molecular formula is C16H20ClN7O3. The number of aliphatic hydroxyl groups excluding tert-OH is 1. The van der Waals surface area contributed by atoms with Crippen molar-refractivity contribution < 1.29 is 15.3 Å². The third kappa shape index (κ3) is 3.96. The summed E-state index contributed by atoms with van der Waals surface area (Å²) in [5, 5.41) is 43.1. The minimum atomic E-state index is -0.134. The van der Waals surface area contributed by atoms with Gasteiger partial charge < -0.3 is 25.5 Å². The summed E-state index contributed by atoms with van der Waals surface area (Å²) in [6.07, 6.45) is 0. The van der Waals surface area contributed by atoms with Gasteiger partial charge in [0.2, 0.25) is 11.6 Å². The Labute approximate surface area is 159 Å². The van der Waals surface area contributed by atoms with Gasteiger partial charge in [0.1, 0.15) is 17.0 Å². The zero-order valence-electron chi connectivity index (χ0n) is 14.8. The van der Waals surface area contributed by atoms with Crippen LogP contribution in [0.4, 0.5) is 11.8 Å². The molecule has 11 heteroatoms. The fourth-order valence-electron chi connectivity index (χ4n) is 2.65. The van der Waals surface area contributed by atoms with Crippen molar-refractivity contribution >= 4 is 34.5 Å². The van der Waals surface area contributed by atoms with Crippen molar-refractivity contribution in [1.29, 1.82) is 0 Å². The SMILES string of the molecule is CC(C)N(CCO)c1nc(NCc2c(O)cc(Cl)cc2O)c2[nH]nnc2n1. The number of anilines is 2. The Morgan fingerprint density at radius 1 is 1.22 bits per heavy atom. The molecule has 5 N–H and O–H groups in total. The highest BCUT2D eigenvalue weighted by Crippen LogP contribution is 2.32. The molecule has 0 radical (unpaired) electrons. The summed E-state index contributed by atoms with van der Waals surface area (Å²) in [6.45, 7) is 4.32. The normalized spacial score (nSPS) is 11.3. The average molecular weight is 394 g/mol. The third-order valence-electron chi connectivity index (χ3n) is 4.01. The van der Waals surface area contributed by atoms with E-state index in [4.69, 9.17) is 11.6 Å². The minimum absolute atomic E-state index is 0.0479. The molecule has 0 amide bonds. The summed E-state index contributed by atoms with van der Waals surface area (Å²) in [5.74, 6) is 0.513. The molecule has 0 aliphatic heterocycles. The smallest absolute Gasteiger partial charge is 0.229 e. The molecule has 0 aliphatic rings. The quantitative estimate of drug-likeness (QED) is 0.404. The van der Waals surface area contributed by atoms with Gasteiger partial charge in [0.05, 0.1) is 12.2 Å². The van der Waals surface area contributed by atoms with Gasteiger partial charge >= 0.3 is 0 Å². The number of H-pyrrole nitrogens is 1. The Morgan fingerprint density at radius 2 is 1.93 bits per heavy atom. The number of rotatable bonds is 7. The molecule has 10 nitrogen and oxygen atoms in total. The first-order chi connectivity index (χ1) is 12.9. The molecule has 0 saturated carbocycles. The van der Waals surface area contributed by atoms with E-state index in [1.54, 1.807) is 0 Å². The van der Waals surface area contributed by atoms with Crippen LogP contribution in [0.15, 0.2) is 12.1 Å². The van der Waals surface area contributed by atoms with Crippen molar-refractivity contribution in [2.45, 2.75) is 26.4 Å². The van der Waals surface area contributed by atoms with Gasteiger partial charge in [0, 0.05) is 24.2 Å². The van der Waals surface area contributed by atoms with Crippen LogP contribution in [0.1, 0.15) is 19.4 Å². The van der Waals surface area contributed by atoms with Crippen LogP contribution >= 0.6 is 11.6 Å². The lowest BCUT2D eigenvalue weighted by Gasteiger charge is -2.26. The van der Waals surface area contributed by atoms with Crippen LogP contribution in [0.2, 0.25) is 5.02 Å². The molecular weight excluding hydrogens is 374 g/mol. The molecule has 0 unspecified atom stereocenters. The zero-order valence-corrected chi connectivity index (χ0v) is 15.6. The molecule has 0 saturated heterocycles. The van der Waals surface area contributed by atoms with E-state index in [9.17, 15) is 15.3 Å². The van der Waals surface area contributed by atoms with Gasteiger partial charge in [-0.25, -0.2) is 0 Å². The summed E-state index contributed by atoms with van der Waals surface area (Å²) in [7, 11) is 0. The maximum atomic E-state index is 10.0. The minimum Gasteiger partial charge on any atom is -0.507 e. The van der Waals surface area contributed by atoms with E-state index in [-0.39, 0.29) is 41.3 Å². The van der Waals surface area contributed by atoms with Crippen molar-refractivity contribution in [3.63, 3.8) is 0 Å². The third-order valence-corrected chi connectivity index (χ3v) is 4.22. The first-order valence-corrected chi connectivity index (χ1v) is 8.69. The highest BCUT2D eigenvalue weighted by Gasteiger charge is 2.18. The van der Waals surface area contributed by atoms with Crippen LogP contribution in [0.25, 0.3) is 11.2 Å². The van der Waals surface area contributed by atoms with Gasteiger partial charge in [-0.3, -0.25) is 5.10 Å². The number of nitrogens with zero attached hydrogens (tertiary/aromatic N) is 5. The maximum absolute atomic E-state index is 10.0. The molecule has 1 aromatic carbocycles. The summed E-state index contributed by atoms with van der Waals surface area (Å²) in [5.41, 5.74) is 1.12. The van der Waals surface area contributed by atoms with Gasteiger partial charge in [0.15, 0.2) is 5.82 Å². The number of benzene rings is 1. The van der Waals surface area contributed by atoms with E-state index in [0.717, 1.165) is 0 Å². The summed E-state index contributed by atoms with van der Waals surface area (Å²) in [6, 6.07) is 2.75. The zero-order chi connectivity index (χ0) is 19.6. The summed E-state index contributed by atoms with van der Waals surface area (Å²) >= 11 is 5.81. The van der Waals surface area contributed by atoms with Crippen LogP contribution in [0, 0.1) is 0 Å². The molecule has 0 atom stereocenters. The van der Waals surface area contributed by atoms with Crippen molar-refractivity contribution in [3.05, 3.63) is 22.7 Å². The predicted molar refractivity (Wildman–Crippen MR) is 101 cm³/mol. The molecule has 144 valence electrons. The second-order valence-electron chi connectivity index (χ2n) is 6.17. The molecule has 27 heavy (non-hydrogen) atoms. The number of aromatic hydroxyl groups is 2. The largest absolute Gasteiger partial charge is 0.507 e. The number of hydrogen-bond donors (Lipinski definition) is 5. The van der Waals surface area contributed by atoms with Crippen LogP contribution in [-0.2, 0) is 6.54 Å². The lowest BCUT2D eigenvalue weighted by atomic mass is 10.1. The number of nitrogens with one attached hydrogen (secondary N) is 2. The first kappa shape index (κ1) is 18.9. The van der Waals surface area contributed by atoms with Crippen molar-refractivity contribution in [1.82, 2.24) is 25.4 Å². The highest BCUT2D eigenvalue weighted by molar-refractivity contribution is 6.30. The first-order valence-electron chi connectivity index (χ1n) is 8.31. The monoisotopic (exact) mass is 393 g/mol. The lowest BCUT2D eigenvalue weighted by Crippen LogP contribution is -2.35. The number of hydrogen-bond acceptors (Lipinski definition) is 9. The van der Waals surface area contributed by atoms with E-state index >= 15 is 0 Å². The number of halogens is 1. The molecule has 0 fully saturated rings. The molecule has 3 aromatic rings.